The van der Waals surface area contributed by atoms with Crippen LogP contribution in [-0.4, -0.2) is 24.7 Å². The Bertz CT molecular complexity index is 1120. The van der Waals surface area contributed by atoms with Crippen LogP contribution in [0.4, 0.5) is 5.00 Å². The fourth-order valence-corrected chi connectivity index (χ4v) is 4.56. The van der Waals surface area contributed by atoms with Gasteiger partial charge in [0.25, 0.3) is 0 Å². The van der Waals surface area contributed by atoms with Gasteiger partial charge in [0.05, 0.1) is 25.0 Å². The Kier molecular flexibility index (Phi) is 6.87. The average molecular weight is 440 g/mol. The second kappa shape index (κ2) is 9.57. The molecule has 8 heteroatoms. The number of carbonyl (C=O) groups excluding carboxylic acids is 1. The summed E-state index contributed by atoms with van der Waals surface area (Å²) in [5.74, 6) is 0.403. The van der Waals surface area contributed by atoms with Crippen LogP contribution in [0.5, 0.6) is 5.75 Å². The van der Waals surface area contributed by atoms with E-state index in [0.717, 1.165) is 27.4 Å². The third kappa shape index (κ3) is 4.53. The van der Waals surface area contributed by atoms with Crippen LogP contribution in [0.1, 0.15) is 32.7 Å². The van der Waals surface area contributed by atoms with Gasteiger partial charge in [-0.3, -0.25) is 0 Å². The van der Waals surface area contributed by atoms with Crippen molar-refractivity contribution in [1.82, 2.24) is 4.98 Å². The molecular formula is C22H21N3O3S2. The van der Waals surface area contributed by atoms with Crippen LogP contribution in [0.15, 0.2) is 35.8 Å². The highest BCUT2D eigenvalue weighted by Gasteiger charge is 2.20. The molecule has 0 spiro atoms. The number of allylic oxidation sites excluding steroid dienone is 1. The number of hydrogen-bond acceptors (Lipinski definition) is 8. The smallest absolute Gasteiger partial charge is 0.341 e. The number of nitrogens with zero attached hydrogens (tertiary/aromatic N) is 2. The average Bonchev–Trinajstić information content (AvgIpc) is 3.34. The number of ether oxygens (including phenoxy) is 2. The fraction of sp³-hybridized carbons (Fsp3) is 0.227. The molecule has 0 radical (unpaired) electrons. The van der Waals surface area contributed by atoms with E-state index < -0.39 is 0 Å². The Labute approximate surface area is 183 Å². The number of anilines is 1. The zero-order valence-electron chi connectivity index (χ0n) is 17.1. The van der Waals surface area contributed by atoms with E-state index in [-0.39, 0.29) is 5.97 Å². The number of aromatic nitrogens is 1. The van der Waals surface area contributed by atoms with Gasteiger partial charge < -0.3 is 14.8 Å². The van der Waals surface area contributed by atoms with E-state index in [0.29, 0.717) is 27.8 Å². The number of rotatable bonds is 7. The highest BCUT2D eigenvalue weighted by molar-refractivity contribution is 7.16. The van der Waals surface area contributed by atoms with Crippen molar-refractivity contribution in [3.63, 3.8) is 0 Å². The summed E-state index contributed by atoms with van der Waals surface area (Å²) < 4.78 is 10.4. The molecule has 2 heterocycles. The normalized spacial score (nSPS) is 11.1. The number of methoxy groups -OCH3 is 1. The lowest BCUT2D eigenvalue weighted by atomic mass is 10.1. The van der Waals surface area contributed by atoms with E-state index in [1.165, 1.54) is 22.7 Å². The molecule has 154 valence electrons. The van der Waals surface area contributed by atoms with Gasteiger partial charge in [0.15, 0.2) is 0 Å². The summed E-state index contributed by atoms with van der Waals surface area (Å²) >= 11 is 2.84. The first kappa shape index (κ1) is 21.6. The standard InChI is InChI=1S/C22H21N3O3S2/c1-5-28-22(26)19-13(2)14(3)30-21(19)24-11-16(10-23)20-25-18(12-29-20)15-6-8-17(27-4)9-7-15/h6-9,11-12,24H,5H2,1-4H3/b16-11-. The van der Waals surface area contributed by atoms with Crippen LogP contribution < -0.4 is 10.1 Å². The van der Waals surface area contributed by atoms with Crippen molar-refractivity contribution >= 4 is 39.2 Å². The Hall–Kier alpha value is -3.15. The minimum atomic E-state index is -0.371. The van der Waals surface area contributed by atoms with Crippen LogP contribution in [0.2, 0.25) is 0 Å². The Morgan fingerprint density at radius 3 is 2.67 bits per heavy atom. The molecule has 3 rings (SSSR count). The highest BCUT2D eigenvalue weighted by Crippen LogP contribution is 2.34. The quantitative estimate of drug-likeness (QED) is 0.378. The van der Waals surface area contributed by atoms with Crippen molar-refractivity contribution < 1.29 is 14.3 Å². The molecule has 6 nitrogen and oxygen atoms in total. The van der Waals surface area contributed by atoms with Crippen LogP contribution in [-0.2, 0) is 4.74 Å². The van der Waals surface area contributed by atoms with Gasteiger partial charge in [-0.05, 0) is 50.6 Å². The van der Waals surface area contributed by atoms with Crippen molar-refractivity contribution in [3.05, 3.63) is 56.9 Å². The van der Waals surface area contributed by atoms with Gasteiger partial charge >= 0.3 is 5.97 Å². The van der Waals surface area contributed by atoms with Crippen molar-refractivity contribution in [2.24, 2.45) is 0 Å². The number of esters is 1. The number of aryl methyl sites for hydroxylation is 1. The minimum Gasteiger partial charge on any atom is -0.497 e. The molecule has 0 unspecified atom stereocenters. The van der Waals surface area contributed by atoms with Crippen molar-refractivity contribution in [1.29, 1.82) is 5.26 Å². The molecule has 2 aromatic heterocycles. The van der Waals surface area contributed by atoms with E-state index in [1.54, 1.807) is 20.2 Å². The lowest BCUT2D eigenvalue weighted by molar-refractivity contribution is 0.0527. The summed E-state index contributed by atoms with van der Waals surface area (Å²) in [4.78, 5) is 17.9. The van der Waals surface area contributed by atoms with Gasteiger partial charge in [-0.25, -0.2) is 9.78 Å². The lowest BCUT2D eigenvalue weighted by Crippen LogP contribution is -2.07. The molecule has 0 atom stereocenters. The van der Waals surface area contributed by atoms with E-state index >= 15 is 0 Å². The molecular weight excluding hydrogens is 418 g/mol. The maximum Gasteiger partial charge on any atom is 0.341 e. The molecule has 0 saturated carbocycles. The van der Waals surface area contributed by atoms with Gasteiger partial charge in [-0.2, -0.15) is 5.26 Å². The second-order valence-electron chi connectivity index (χ2n) is 6.29. The molecule has 0 amide bonds. The predicted molar refractivity (Wildman–Crippen MR) is 121 cm³/mol. The number of nitriles is 1. The fourth-order valence-electron chi connectivity index (χ4n) is 2.75. The van der Waals surface area contributed by atoms with E-state index in [1.807, 2.05) is 43.5 Å². The molecule has 0 aliphatic heterocycles. The van der Waals surface area contributed by atoms with Crippen molar-refractivity contribution in [3.8, 4) is 23.1 Å². The number of nitrogens with one attached hydrogen (secondary N) is 1. The molecule has 1 N–H and O–H groups in total. The third-order valence-electron chi connectivity index (χ3n) is 4.45. The van der Waals surface area contributed by atoms with Crippen LogP contribution in [0.3, 0.4) is 0 Å². The molecule has 0 aliphatic rings. The van der Waals surface area contributed by atoms with Gasteiger partial charge in [0.2, 0.25) is 0 Å². The van der Waals surface area contributed by atoms with Crippen LogP contribution in [0.25, 0.3) is 16.8 Å². The number of carbonyl (C=O) groups is 1. The molecule has 0 saturated heterocycles. The van der Waals surface area contributed by atoms with Crippen LogP contribution in [0, 0.1) is 25.2 Å². The number of hydrogen-bond donors (Lipinski definition) is 1. The summed E-state index contributed by atoms with van der Waals surface area (Å²) in [6.45, 7) is 5.92. The molecule has 3 aromatic rings. The SMILES string of the molecule is CCOC(=O)c1c(N/C=C(/C#N)c2nc(-c3ccc(OC)cc3)cs2)sc(C)c1C. The zero-order valence-corrected chi connectivity index (χ0v) is 18.7. The second-order valence-corrected chi connectivity index (χ2v) is 8.37. The molecule has 0 aliphatic carbocycles. The summed E-state index contributed by atoms with van der Waals surface area (Å²) in [5.41, 5.74) is 3.50. The summed E-state index contributed by atoms with van der Waals surface area (Å²) in [6.07, 6.45) is 1.59. The molecule has 30 heavy (non-hydrogen) atoms. The van der Waals surface area contributed by atoms with E-state index in [9.17, 15) is 10.1 Å². The zero-order chi connectivity index (χ0) is 21.7. The van der Waals surface area contributed by atoms with E-state index in [2.05, 4.69) is 16.4 Å². The van der Waals surface area contributed by atoms with Crippen molar-refractivity contribution in [2.45, 2.75) is 20.8 Å². The summed E-state index contributed by atoms with van der Waals surface area (Å²) in [5, 5.41) is 15.9. The minimum absolute atomic E-state index is 0.305. The Morgan fingerprint density at radius 2 is 2.03 bits per heavy atom. The maximum absolute atomic E-state index is 12.3. The van der Waals surface area contributed by atoms with Crippen molar-refractivity contribution in [2.75, 3.05) is 19.0 Å². The Morgan fingerprint density at radius 1 is 1.30 bits per heavy atom. The van der Waals surface area contributed by atoms with Gasteiger partial charge in [-0.15, -0.1) is 22.7 Å². The summed E-state index contributed by atoms with van der Waals surface area (Å²) in [6, 6.07) is 9.77. The topological polar surface area (TPSA) is 84.2 Å². The molecule has 1 aromatic carbocycles. The first-order valence-electron chi connectivity index (χ1n) is 9.22. The number of thiophene rings is 1. The van der Waals surface area contributed by atoms with Gasteiger partial charge in [0.1, 0.15) is 27.4 Å². The monoisotopic (exact) mass is 439 g/mol. The van der Waals surface area contributed by atoms with Gasteiger partial charge in [-0.1, -0.05) is 0 Å². The predicted octanol–water partition coefficient (Wildman–Crippen LogP) is 5.65. The maximum atomic E-state index is 12.3. The molecule has 0 fully saturated rings. The van der Waals surface area contributed by atoms with Crippen LogP contribution >= 0.6 is 22.7 Å². The first-order chi connectivity index (χ1) is 14.5. The number of thiazole rings is 1. The Balaban J connectivity index is 1.86. The number of benzene rings is 1. The van der Waals surface area contributed by atoms with Gasteiger partial charge in [0, 0.05) is 22.0 Å². The summed E-state index contributed by atoms with van der Waals surface area (Å²) in [7, 11) is 1.62. The van der Waals surface area contributed by atoms with E-state index in [4.69, 9.17) is 9.47 Å². The first-order valence-corrected chi connectivity index (χ1v) is 10.9. The largest absolute Gasteiger partial charge is 0.497 e. The third-order valence-corrected chi connectivity index (χ3v) is 6.47. The lowest BCUT2D eigenvalue weighted by Gasteiger charge is -2.05. The highest BCUT2D eigenvalue weighted by atomic mass is 32.1. The molecule has 0 bridgehead atoms.